The van der Waals surface area contributed by atoms with Gasteiger partial charge in [-0.1, -0.05) is 70.4 Å². The number of allylic oxidation sites excluding steroid dienone is 5. The second-order valence-corrected chi connectivity index (χ2v) is 8.23. The molecule has 2 nitrogen and oxygen atoms in total. The minimum absolute atomic E-state index is 0.222. The van der Waals surface area contributed by atoms with Crippen molar-refractivity contribution in [2.24, 2.45) is 16.3 Å². The van der Waals surface area contributed by atoms with Gasteiger partial charge >= 0.3 is 0 Å². The topological polar surface area (TPSA) is 24.4 Å². The molecule has 0 radical (unpaired) electrons. The summed E-state index contributed by atoms with van der Waals surface area (Å²) in [5.41, 5.74) is 3.81. The zero-order valence-electron chi connectivity index (χ0n) is 19.1. The highest BCUT2D eigenvalue weighted by atomic mass is 14.9. The van der Waals surface area contributed by atoms with Crippen LogP contribution in [0.1, 0.15) is 67.7 Å². The number of hydrogen-bond donors (Lipinski definition) is 1. The van der Waals surface area contributed by atoms with Crippen LogP contribution in [-0.4, -0.2) is 18.3 Å². The maximum atomic E-state index is 5.27. The molecule has 0 aliphatic heterocycles. The van der Waals surface area contributed by atoms with Crippen molar-refractivity contribution in [2.75, 3.05) is 7.05 Å². The van der Waals surface area contributed by atoms with Crippen LogP contribution in [0.15, 0.2) is 65.9 Å². The molecule has 0 bridgehead atoms. The molecule has 152 valence electrons. The average molecular weight is 371 g/mol. The minimum atomic E-state index is -0.353. The lowest BCUT2D eigenvalue weighted by Gasteiger charge is -2.46. The molecule has 2 atom stereocenters. The SMILES string of the molecule is C=C(/C=C\C)CCC(C)(C(=C)/C=C\C)C(C)(CC(=C)NC)N=C(C)C(C)C. The van der Waals surface area contributed by atoms with E-state index in [1.807, 2.05) is 27.0 Å². The molecule has 0 fully saturated rings. The van der Waals surface area contributed by atoms with Crippen molar-refractivity contribution in [1.29, 1.82) is 0 Å². The molecule has 0 saturated heterocycles. The lowest BCUT2D eigenvalue weighted by Crippen LogP contribution is -2.45. The summed E-state index contributed by atoms with van der Waals surface area (Å²) in [5, 5.41) is 3.21. The van der Waals surface area contributed by atoms with Crippen LogP contribution in [0.5, 0.6) is 0 Å². The van der Waals surface area contributed by atoms with Crippen LogP contribution in [0.25, 0.3) is 0 Å². The zero-order chi connectivity index (χ0) is 21.3. The molecule has 2 unspecified atom stereocenters. The highest BCUT2D eigenvalue weighted by Gasteiger charge is 2.45. The van der Waals surface area contributed by atoms with Gasteiger partial charge in [-0.05, 0) is 52.0 Å². The highest BCUT2D eigenvalue weighted by molar-refractivity contribution is 5.84. The normalized spacial score (nSPS) is 17.1. The molecule has 0 rings (SSSR count). The third-order valence-corrected chi connectivity index (χ3v) is 5.78. The summed E-state index contributed by atoms with van der Waals surface area (Å²) < 4.78 is 0. The lowest BCUT2D eigenvalue weighted by atomic mass is 9.62. The first-order valence-electron chi connectivity index (χ1n) is 10.0. The maximum absolute atomic E-state index is 5.27. The van der Waals surface area contributed by atoms with Crippen molar-refractivity contribution >= 4 is 5.71 Å². The Bertz CT molecular complexity index is 618. The van der Waals surface area contributed by atoms with E-state index in [0.717, 1.165) is 41.8 Å². The average Bonchev–Trinajstić information content (AvgIpc) is 2.59. The Morgan fingerprint density at radius 3 is 2.07 bits per heavy atom. The Morgan fingerprint density at radius 1 is 1.07 bits per heavy atom. The lowest BCUT2D eigenvalue weighted by molar-refractivity contribution is 0.194. The van der Waals surface area contributed by atoms with Crippen molar-refractivity contribution < 1.29 is 0 Å². The zero-order valence-corrected chi connectivity index (χ0v) is 19.1. The Balaban J connectivity index is 6.31. The summed E-state index contributed by atoms with van der Waals surface area (Å²) >= 11 is 0. The van der Waals surface area contributed by atoms with Gasteiger partial charge in [0.2, 0.25) is 0 Å². The molecule has 0 spiro atoms. The standard InChI is InChI=1S/C25H42N2/c1-12-14-20(5)16-17-24(9,21(6)15-13-2)25(10,18-22(7)26-11)27-23(8)19(3)4/h12-15,19,26H,5-7,16-18H2,1-4,8-11H3/b14-12-,15-13-,27-23?. The van der Waals surface area contributed by atoms with Crippen LogP contribution < -0.4 is 5.32 Å². The fourth-order valence-corrected chi connectivity index (χ4v) is 3.27. The first kappa shape index (κ1) is 25.2. The van der Waals surface area contributed by atoms with Crippen molar-refractivity contribution in [2.45, 2.75) is 73.3 Å². The van der Waals surface area contributed by atoms with Crippen molar-refractivity contribution in [1.82, 2.24) is 5.32 Å². The molecule has 27 heavy (non-hydrogen) atoms. The van der Waals surface area contributed by atoms with Crippen LogP contribution in [0.3, 0.4) is 0 Å². The van der Waals surface area contributed by atoms with Crippen LogP contribution in [-0.2, 0) is 0 Å². The predicted octanol–water partition coefficient (Wildman–Crippen LogP) is 7.04. The van der Waals surface area contributed by atoms with E-state index < -0.39 is 0 Å². The summed E-state index contributed by atoms with van der Waals surface area (Å²) in [6.45, 7) is 28.0. The van der Waals surface area contributed by atoms with Gasteiger partial charge in [-0.3, -0.25) is 4.99 Å². The van der Waals surface area contributed by atoms with Crippen LogP contribution >= 0.6 is 0 Å². The summed E-state index contributed by atoms with van der Waals surface area (Å²) in [6.07, 6.45) is 10.9. The Labute approximate surface area is 168 Å². The molecule has 0 aliphatic rings. The number of aliphatic imine (C=N–C) groups is 1. The van der Waals surface area contributed by atoms with Crippen LogP contribution in [0.2, 0.25) is 0 Å². The van der Waals surface area contributed by atoms with Gasteiger partial charge in [-0.2, -0.15) is 0 Å². The van der Waals surface area contributed by atoms with Crippen LogP contribution in [0, 0.1) is 11.3 Å². The third kappa shape index (κ3) is 7.01. The van der Waals surface area contributed by atoms with Crippen LogP contribution in [0.4, 0.5) is 0 Å². The molecular weight excluding hydrogens is 328 g/mol. The van der Waals surface area contributed by atoms with Gasteiger partial charge in [0, 0.05) is 30.3 Å². The summed E-state index contributed by atoms with van der Waals surface area (Å²) in [5.74, 6) is 0.407. The Kier molecular flexibility index (Phi) is 10.4. The highest BCUT2D eigenvalue weighted by Crippen LogP contribution is 2.48. The molecule has 0 aromatic rings. The van der Waals surface area contributed by atoms with Gasteiger partial charge in [0.15, 0.2) is 0 Å². The maximum Gasteiger partial charge on any atom is 0.0726 e. The molecule has 0 saturated carbocycles. The summed E-state index contributed by atoms with van der Waals surface area (Å²) in [4.78, 5) is 5.27. The van der Waals surface area contributed by atoms with Gasteiger partial charge in [-0.15, -0.1) is 0 Å². The van der Waals surface area contributed by atoms with E-state index >= 15 is 0 Å². The summed E-state index contributed by atoms with van der Waals surface area (Å²) in [7, 11) is 1.92. The second-order valence-electron chi connectivity index (χ2n) is 8.23. The Hall–Kier alpha value is -1.83. The van der Waals surface area contributed by atoms with Gasteiger partial charge in [0.05, 0.1) is 5.54 Å². The largest absolute Gasteiger partial charge is 0.392 e. The number of hydrogen-bond acceptors (Lipinski definition) is 2. The number of nitrogens with one attached hydrogen (secondary N) is 1. The molecule has 0 heterocycles. The molecule has 0 aromatic carbocycles. The summed E-state index contributed by atoms with van der Waals surface area (Å²) in [6, 6.07) is 0. The van der Waals surface area contributed by atoms with E-state index in [2.05, 4.69) is 77.9 Å². The fraction of sp³-hybridized carbons (Fsp3) is 0.560. The first-order valence-corrected chi connectivity index (χ1v) is 10.0. The fourth-order valence-electron chi connectivity index (χ4n) is 3.27. The smallest absolute Gasteiger partial charge is 0.0726 e. The van der Waals surface area contributed by atoms with Gasteiger partial charge in [0.25, 0.3) is 0 Å². The van der Waals surface area contributed by atoms with E-state index in [-0.39, 0.29) is 11.0 Å². The first-order chi connectivity index (χ1) is 12.5. The molecule has 0 amide bonds. The third-order valence-electron chi connectivity index (χ3n) is 5.78. The van der Waals surface area contributed by atoms with E-state index in [4.69, 9.17) is 4.99 Å². The monoisotopic (exact) mass is 370 g/mol. The molecular formula is C25H42N2. The molecule has 0 aliphatic carbocycles. The van der Waals surface area contributed by atoms with E-state index in [1.54, 1.807) is 0 Å². The second kappa shape index (κ2) is 11.1. The number of rotatable bonds is 12. The quantitative estimate of drug-likeness (QED) is 0.289. The van der Waals surface area contributed by atoms with Crippen molar-refractivity contribution in [3.8, 4) is 0 Å². The van der Waals surface area contributed by atoms with E-state index in [9.17, 15) is 0 Å². The van der Waals surface area contributed by atoms with Gasteiger partial charge in [0.1, 0.15) is 0 Å². The van der Waals surface area contributed by atoms with E-state index in [0.29, 0.717) is 5.92 Å². The molecule has 0 aromatic heterocycles. The predicted molar refractivity (Wildman–Crippen MR) is 124 cm³/mol. The number of nitrogens with zero attached hydrogens (tertiary/aromatic N) is 1. The van der Waals surface area contributed by atoms with Gasteiger partial charge in [-0.25, -0.2) is 0 Å². The van der Waals surface area contributed by atoms with Crippen molar-refractivity contribution in [3.05, 3.63) is 60.9 Å². The van der Waals surface area contributed by atoms with Gasteiger partial charge < -0.3 is 5.32 Å². The molecule has 2 heteroatoms. The van der Waals surface area contributed by atoms with Crippen molar-refractivity contribution in [3.63, 3.8) is 0 Å². The van der Waals surface area contributed by atoms with E-state index in [1.165, 1.54) is 0 Å². The Morgan fingerprint density at radius 2 is 1.63 bits per heavy atom. The molecule has 1 N–H and O–H groups in total. The minimum Gasteiger partial charge on any atom is -0.392 e.